The van der Waals surface area contributed by atoms with E-state index >= 15 is 0 Å². The van der Waals surface area contributed by atoms with Gasteiger partial charge in [0.05, 0.1) is 0 Å². The van der Waals surface area contributed by atoms with E-state index in [1.165, 1.54) is 0 Å². The Hall–Kier alpha value is -2.10. The van der Waals surface area contributed by atoms with Gasteiger partial charge in [0.15, 0.2) is 0 Å². The Morgan fingerprint density at radius 1 is 0.533 bits per heavy atom. The van der Waals surface area contributed by atoms with Crippen LogP contribution in [0.15, 0.2) is 0 Å². The second kappa shape index (κ2) is 8.95. The van der Waals surface area contributed by atoms with Gasteiger partial charge in [0.1, 0.15) is 0 Å². The van der Waals surface area contributed by atoms with Crippen LogP contribution in [0.1, 0.15) is 0 Å². The van der Waals surface area contributed by atoms with Crippen LogP contribution in [0, 0.1) is 0 Å². The first-order valence-electron chi connectivity index (χ1n) is 5.90. The minimum Gasteiger partial charge on any atom is -0.402 e. The first kappa shape index (κ1) is 30.1. The average Bonchev–Trinajstić information content (AvgIpc) is 2.42. The van der Waals surface area contributed by atoms with Crippen LogP contribution in [0.25, 0.3) is 0 Å². The summed E-state index contributed by atoms with van der Waals surface area (Å²) in [7, 11) is -2.17. The van der Waals surface area contributed by atoms with Crippen LogP contribution < -0.4 is 0 Å². The molecule has 0 aromatic carbocycles. The van der Waals surface area contributed by atoms with E-state index in [4.69, 9.17) is 15.1 Å². The third-order valence-electron chi connectivity index (χ3n) is 2.05. The lowest BCUT2D eigenvalue weighted by Gasteiger charge is -2.28. The Morgan fingerprint density at radius 2 is 0.700 bits per heavy atom. The number of carbonyl (C=O) groups excluding carboxylic acids is 2. The lowest BCUT2D eigenvalue weighted by molar-refractivity contribution is -0.418. The Morgan fingerprint density at radius 3 is 0.833 bits per heavy atom. The minimum atomic E-state index is -7.20. The molecule has 0 spiro atoms. The lowest BCUT2D eigenvalue weighted by Crippen LogP contribution is -2.56. The summed E-state index contributed by atoms with van der Waals surface area (Å²) in [5.41, 5.74) is 0. The van der Waals surface area contributed by atoms with Crippen molar-refractivity contribution in [2.24, 2.45) is 0 Å². The number of ether oxygens (including phenoxy) is 2. The molecule has 0 atom stereocenters. The lowest BCUT2D eigenvalue weighted by atomic mass is 10.3. The maximum atomic E-state index is 12.5. The van der Waals surface area contributed by atoms with Crippen LogP contribution in [0.3, 0.4) is 0 Å². The maximum absolute atomic E-state index is 12.5. The molecule has 0 fully saturated rings. The van der Waals surface area contributed by atoms with Gasteiger partial charge in [-0.3, -0.25) is 0 Å². The zero-order valence-corrected chi connectivity index (χ0v) is 12.8. The van der Waals surface area contributed by atoms with Gasteiger partial charge in [0, 0.05) is 0 Å². The predicted molar refractivity (Wildman–Crippen MR) is 56.5 cm³/mol. The Bertz CT molecular complexity index is 560. The van der Waals surface area contributed by atoms with Crippen molar-refractivity contribution in [3.05, 3.63) is 0 Å². The Balaban J connectivity index is 0. The molecule has 0 aliphatic carbocycles. The summed E-state index contributed by atoms with van der Waals surface area (Å²) >= 11 is 0. The number of rotatable bonds is 4. The quantitative estimate of drug-likeness (QED) is 0.239. The van der Waals surface area contributed by atoms with E-state index in [2.05, 4.69) is 0 Å². The third kappa shape index (κ3) is 7.00. The van der Waals surface area contributed by atoms with E-state index in [1.54, 1.807) is 0 Å². The van der Waals surface area contributed by atoms with E-state index in [1.807, 2.05) is 9.47 Å². The van der Waals surface area contributed by atoms with Crippen molar-refractivity contribution < 1.29 is 95.6 Å². The highest BCUT2D eigenvalue weighted by atomic mass is 19.4. The molecule has 0 heterocycles. The van der Waals surface area contributed by atoms with E-state index in [0.717, 1.165) is 0 Å². The van der Waals surface area contributed by atoms with Gasteiger partial charge in [-0.05, 0) is 0 Å². The highest BCUT2D eigenvalue weighted by molar-refractivity contribution is 6.30. The number of carbonyl (C=O) groups is 2. The van der Waals surface area contributed by atoms with E-state index < -0.39 is 55.7 Å². The first-order valence-corrected chi connectivity index (χ1v) is 5.90. The van der Waals surface area contributed by atoms with Crippen LogP contribution in [0.5, 0.6) is 0 Å². The average molecular weight is 488 g/mol. The van der Waals surface area contributed by atoms with Crippen LogP contribution in [0.2, 0.25) is 0 Å². The van der Waals surface area contributed by atoms with Crippen LogP contribution in [-0.2, 0) is 19.1 Å². The van der Waals surface area contributed by atoms with Crippen LogP contribution >= 0.6 is 0 Å². The monoisotopic (exact) mass is 488 g/mol. The smallest absolute Gasteiger partial charge is 0.402 e. The van der Waals surface area contributed by atoms with Gasteiger partial charge in [-0.2, -0.15) is 61.5 Å². The summed E-state index contributed by atoms with van der Waals surface area (Å²) in [6, 6.07) is 0. The minimum absolute atomic E-state index is 1.96. The molecule has 7 nitrogen and oxygen atoms in total. The van der Waals surface area contributed by atoms with Gasteiger partial charge in [0.25, 0.3) is 0 Å². The molecule has 0 aliphatic rings. The molecule has 0 saturated carbocycles. The fourth-order valence-corrected chi connectivity index (χ4v) is 0.774. The highest BCUT2D eigenvalue weighted by Gasteiger charge is 2.78. The van der Waals surface area contributed by atoms with Gasteiger partial charge in [0.2, 0.25) is 0 Å². The third-order valence-corrected chi connectivity index (χ3v) is 2.05. The van der Waals surface area contributed by atoms with Gasteiger partial charge in [-0.15, -0.1) is 0 Å². The molecule has 0 aromatic rings. The summed E-state index contributed by atoms with van der Waals surface area (Å²) < 4.78 is 173. The molecule has 22 heteroatoms. The van der Waals surface area contributed by atoms with Gasteiger partial charge < -0.3 is 24.5 Å². The van der Waals surface area contributed by atoms with Crippen molar-refractivity contribution in [2.45, 2.75) is 36.4 Å². The molecule has 0 aromatic heterocycles. The molecule has 0 unspecified atom stereocenters. The topological polar surface area (TPSA) is 113 Å². The SMILES string of the molecule is O=C(OC(F)(F)C(F)(F)C(F)(F)F)C(=O)OC(F)(F)C(F)(F)C(F)(F)F.OB(O)O. The zero-order chi connectivity index (χ0) is 25.1. The number of halogens is 14. The number of esters is 2. The van der Waals surface area contributed by atoms with Crippen molar-refractivity contribution in [1.82, 2.24) is 0 Å². The molecule has 0 bridgehead atoms. The van der Waals surface area contributed by atoms with Crippen LogP contribution in [0.4, 0.5) is 61.5 Å². The van der Waals surface area contributed by atoms with Crippen molar-refractivity contribution in [3.63, 3.8) is 0 Å². The molecule has 0 saturated heterocycles. The van der Waals surface area contributed by atoms with Crippen molar-refractivity contribution in [1.29, 1.82) is 0 Å². The predicted octanol–water partition coefficient (Wildman–Crippen LogP) is 1.60. The molecule has 0 radical (unpaired) electrons. The fourth-order valence-electron chi connectivity index (χ4n) is 0.774. The molecule has 3 N–H and O–H groups in total. The normalized spacial score (nSPS) is 13.8. The first-order chi connectivity index (χ1) is 12.7. The number of hydrogen-bond acceptors (Lipinski definition) is 7. The molecular weight excluding hydrogens is 485 g/mol. The van der Waals surface area contributed by atoms with E-state index in [0.29, 0.717) is 0 Å². The summed E-state index contributed by atoms with van der Waals surface area (Å²) in [6.45, 7) is 0. The Labute approximate surface area is 152 Å². The van der Waals surface area contributed by atoms with Crippen molar-refractivity contribution in [3.8, 4) is 0 Å². The van der Waals surface area contributed by atoms with Gasteiger partial charge in [-0.1, -0.05) is 0 Å². The molecular formula is C8H3BF14O7. The van der Waals surface area contributed by atoms with Crippen molar-refractivity contribution >= 4 is 19.3 Å². The number of hydrogen-bond donors (Lipinski definition) is 3. The van der Waals surface area contributed by atoms with Crippen LogP contribution in [-0.4, -0.2) is 70.7 Å². The van der Waals surface area contributed by atoms with E-state index in [-0.39, 0.29) is 0 Å². The largest absolute Gasteiger partial charge is 0.631 e. The highest BCUT2D eigenvalue weighted by Crippen LogP contribution is 2.48. The summed E-state index contributed by atoms with van der Waals surface area (Å²) in [6.07, 6.45) is -28.1. The van der Waals surface area contributed by atoms with Gasteiger partial charge in [-0.25, -0.2) is 9.59 Å². The zero-order valence-electron chi connectivity index (χ0n) is 12.8. The number of alkyl halides is 14. The summed E-state index contributed by atoms with van der Waals surface area (Å²) in [4.78, 5) is 20.9. The van der Waals surface area contributed by atoms with Gasteiger partial charge >= 0.3 is 55.7 Å². The Kier molecular flexibility index (Phi) is 8.98. The molecule has 0 aliphatic heterocycles. The second-order valence-electron chi connectivity index (χ2n) is 4.30. The molecule has 0 rings (SSSR count). The molecule has 0 amide bonds. The second-order valence-corrected chi connectivity index (χ2v) is 4.30. The van der Waals surface area contributed by atoms with Crippen molar-refractivity contribution in [2.75, 3.05) is 0 Å². The maximum Gasteiger partial charge on any atom is 0.631 e. The molecule has 30 heavy (non-hydrogen) atoms. The van der Waals surface area contributed by atoms with E-state index in [9.17, 15) is 71.1 Å². The molecule has 178 valence electrons. The summed E-state index contributed by atoms with van der Waals surface area (Å²) in [5.74, 6) is -22.1. The summed E-state index contributed by atoms with van der Waals surface area (Å²) in [5, 5.41) is 21.5. The fraction of sp³-hybridized carbons (Fsp3) is 0.750. The standard InChI is InChI=1S/C8F14O4.BH3O3/c9-3(10,5(13,14)15)7(19,20)25-1(23)2(24)26-8(21,22)4(11,12)6(16,17)18;2-1(3)4/h;2-4H.